The third-order valence-electron chi connectivity index (χ3n) is 3.60. The number of hydrogen-bond acceptors (Lipinski definition) is 4. The van der Waals surface area contributed by atoms with Crippen LogP contribution in [0.3, 0.4) is 0 Å². The minimum atomic E-state index is -2.88. The Bertz CT molecular complexity index is 769. The fourth-order valence-corrected chi connectivity index (χ4v) is 2.67. The Morgan fingerprint density at radius 1 is 1.15 bits per heavy atom. The molecule has 2 aromatic carbocycles. The average molecular weight is 386 g/mol. The molecule has 8 heteroatoms. The number of benzene rings is 2. The molecular weight excluding hydrogens is 368 g/mol. The summed E-state index contributed by atoms with van der Waals surface area (Å²) in [5.74, 6) is 0.485. The van der Waals surface area contributed by atoms with Gasteiger partial charge in [0, 0.05) is 19.2 Å². The molecule has 0 spiro atoms. The molecule has 140 valence electrons. The van der Waals surface area contributed by atoms with Crippen molar-refractivity contribution in [2.75, 3.05) is 21.3 Å². The standard InChI is InChI=1S/C18H18ClF2NO4/c1-22(10-11-4-6-13(7-5-11)26-18(20)21)17(23)12-8-14(19)16(25-3)15(9-12)24-2/h4-9,18H,10H2,1-3H3. The summed E-state index contributed by atoms with van der Waals surface area (Å²) in [6.45, 7) is -2.60. The first-order valence-corrected chi connectivity index (χ1v) is 7.94. The quantitative estimate of drug-likeness (QED) is 0.715. The third kappa shape index (κ3) is 4.76. The lowest BCUT2D eigenvalue weighted by Gasteiger charge is -2.19. The number of rotatable bonds is 7. The number of methoxy groups -OCH3 is 2. The Morgan fingerprint density at radius 3 is 2.35 bits per heavy atom. The number of carbonyl (C=O) groups excluding carboxylic acids is 1. The van der Waals surface area contributed by atoms with E-state index in [-0.39, 0.29) is 23.2 Å². The minimum absolute atomic E-state index is 0.0596. The monoisotopic (exact) mass is 385 g/mol. The smallest absolute Gasteiger partial charge is 0.387 e. The van der Waals surface area contributed by atoms with Gasteiger partial charge in [-0.1, -0.05) is 23.7 Å². The van der Waals surface area contributed by atoms with Crippen LogP contribution in [0.5, 0.6) is 17.2 Å². The van der Waals surface area contributed by atoms with Gasteiger partial charge >= 0.3 is 6.61 Å². The summed E-state index contributed by atoms with van der Waals surface area (Å²) >= 11 is 6.13. The molecule has 0 radical (unpaired) electrons. The summed E-state index contributed by atoms with van der Waals surface area (Å²) in [7, 11) is 4.53. The second-order valence-corrected chi connectivity index (χ2v) is 5.78. The maximum atomic E-state index is 12.6. The van der Waals surface area contributed by atoms with Gasteiger partial charge in [0.1, 0.15) is 5.75 Å². The highest BCUT2D eigenvalue weighted by Gasteiger charge is 2.18. The van der Waals surface area contributed by atoms with Crippen LogP contribution in [0.2, 0.25) is 5.02 Å². The van der Waals surface area contributed by atoms with Gasteiger partial charge in [0.25, 0.3) is 5.91 Å². The van der Waals surface area contributed by atoms with Crippen molar-refractivity contribution in [1.82, 2.24) is 4.90 Å². The first-order valence-electron chi connectivity index (χ1n) is 7.56. The molecule has 2 rings (SSSR count). The van der Waals surface area contributed by atoms with Crippen molar-refractivity contribution in [1.29, 1.82) is 0 Å². The highest BCUT2D eigenvalue weighted by molar-refractivity contribution is 6.32. The van der Waals surface area contributed by atoms with Crippen LogP contribution < -0.4 is 14.2 Å². The molecule has 0 aliphatic heterocycles. The zero-order valence-corrected chi connectivity index (χ0v) is 15.2. The van der Waals surface area contributed by atoms with Crippen molar-refractivity contribution in [3.05, 3.63) is 52.5 Å². The third-order valence-corrected chi connectivity index (χ3v) is 3.88. The molecular formula is C18H18ClF2NO4. The Hall–Kier alpha value is -2.54. The van der Waals surface area contributed by atoms with Gasteiger partial charge in [0.05, 0.1) is 19.2 Å². The summed E-state index contributed by atoms with van der Waals surface area (Å²) in [6, 6.07) is 9.12. The molecule has 5 nitrogen and oxygen atoms in total. The van der Waals surface area contributed by atoms with Gasteiger partial charge < -0.3 is 19.1 Å². The zero-order chi connectivity index (χ0) is 19.3. The van der Waals surface area contributed by atoms with Crippen LogP contribution in [0.1, 0.15) is 15.9 Å². The lowest BCUT2D eigenvalue weighted by atomic mass is 10.1. The first kappa shape index (κ1) is 19.8. The summed E-state index contributed by atoms with van der Waals surface area (Å²) in [4.78, 5) is 14.1. The van der Waals surface area contributed by atoms with Crippen LogP contribution in [0.4, 0.5) is 8.78 Å². The van der Waals surface area contributed by atoms with Gasteiger partial charge in [-0.05, 0) is 29.8 Å². The highest BCUT2D eigenvalue weighted by atomic mass is 35.5. The molecule has 0 atom stereocenters. The number of ether oxygens (including phenoxy) is 3. The van der Waals surface area contributed by atoms with Crippen LogP contribution in [-0.4, -0.2) is 38.7 Å². The zero-order valence-electron chi connectivity index (χ0n) is 14.5. The second kappa shape index (κ2) is 8.71. The summed E-state index contributed by atoms with van der Waals surface area (Å²) < 4.78 is 39.0. The fourth-order valence-electron chi connectivity index (χ4n) is 2.38. The van der Waals surface area contributed by atoms with Crippen molar-refractivity contribution in [2.45, 2.75) is 13.2 Å². The topological polar surface area (TPSA) is 48.0 Å². The van der Waals surface area contributed by atoms with E-state index in [1.54, 1.807) is 25.2 Å². The van der Waals surface area contributed by atoms with Gasteiger partial charge in [0.15, 0.2) is 11.5 Å². The van der Waals surface area contributed by atoms with E-state index in [4.69, 9.17) is 21.1 Å². The van der Waals surface area contributed by atoms with E-state index < -0.39 is 6.61 Å². The van der Waals surface area contributed by atoms with Crippen LogP contribution >= 0.6 is 11.6 Å². The normalized spacial score (nSPS) is 10.6. The molecule has 1 amide bonds. The molecule has 0 saturated heterocycles. The van der Waals surface area contributed by atoms with Gasteiger partial charge in [0.2, 0.25) is 0 Å². The molecule has 26 heavy (non-hydrogen) atoms. The van der Waals surface area contributed by atoms with Crippen LogP contribution in [0, 0.1) is 0 Å². The van der Waals surface area contributed by atoms with Crippen molar-refractivity contribution in [3.63, 3.8) is 0 Å². The fraction of sp³-hybridized carbons (Fsp3) is 0.278. The Labute approximate surface area is 155 Å². The minimum Gasteiger partial charge on any atom is -0.493 e. The SMILES string of the molecule is COc1cc(C(=O)N(C)Cc2ccc(OC(F)F)cc2)cc(Cl)c1OC. The molecule has 0 aromatic heterocycles. The Balaban J connectivity index is 2.13. The van der Waals surface area contributed by atoms with Gasteiger partial charge in [-0.25, -0.2) is 0 Å². The van der Waals surface area contributed by atoms with E-state index in [0.29, 0.717) is 17.1 Å². The maximum absolute atomic E-state index is 12.6. The first-order chi connectivity index (χ1) is 12.3. The predicted octanol–water partition coefficient (Wildman–Crippen LogP) is 4.23. The molecule has 0 fully saturated rings. The highest BCUT2D eigenvalue weighted by Crippen LogP contribution is 2.36. The second-order valence-electron chi connectivity index (χ2n) is 5.38. The molecule has 0 aliphatic rings. The van der Waals surface area contributed by atoms with Crippen molar-refractivity contribution in [2.24, 2.45) is 0 Å². The number of hydrogen-bond donors (Lipinski definition) is 0. The molecule has 0 bridgehead atoms. The van der Waals surface area contributed by atoms with E-state index in [1.807, 2.05) is 0 Å². The van der Waals surface area contributed by atoms with E-state index >= 15 is 0 Å². The van der Waals surface area contributed by atoms with Crippen LogP contribution in [0.15, 0.2) is 36.4 Å². The average Bonchev–Trinajstić information content (AvgIpc) is 2.61. The van der Waals surface area contributed by atoms with Crippen molar-refractivity contribution in [3.8, 4) is 17.2 Å². The lowest BCUT2D eigenvalue weighted by molar-refractivity contribution is -0.0498. The van der Waals surface area contributed by atoms with E-state index in [1.165, 1.54) is 37.3 Å². The molecule has 2 aromatic rings. The lowest BCUT2D eigenvalue weighted by Crippen LogP contribution is -2.26. The maximum Gasteiger partial charge on any atom is 0.387 e. The molecule has 0 N–H and O–H groups in total. The summed E-state index contributed by atoms with van der Waals surface area (Å²) in [5, 5.41) is 0.261. The molecule has 0 aliphatic carbocycles. The summed E-state index contributed by atoms with van der Waals surface area (Å²) in [5.41, 5.74) is 1.10. The van der Waals surface area contributed by atoms with Crippen molar-refractivity contribution < 1.29 is 27.8 Å². The van der Waals surface area contributed by atoms with Gasteiger partial charge in [-0.15, -0.1) is 0 Å². The van der Waals surface area contributed by atoms with Gasteiger partial charge in [-0.2, -0.15) is 8.78 Å². The van der Waals surface area contributed by atoms with E-state index in [9.17, 15) is 13.6 Å². The number of halogens is 3. The van der Waals surface area contributed by atoms with Crippen LogP contribution in [-0.2, 0) is 6.54 Å². The molecule has 0 saturated carbocycles. The number of nitrogens with zero attached hydrogens (tertiary/aromatic N) is 1. The predicted molar refractivity (Wildman–Crippen MR) is 93.4 cm³/mol. The number of carbonyl (C=O) groups is 1. The van der Waals surface area contributed by atoms with Crippen LogP contribution in [0.25, 0.3) is 0 Å². The number of alkyl halides is 2. The van der Waals surface area contributed by atoms with Gasteiger partial charge in [-0.3, -0.25) is 4.79 Å². The Morgan fingerprint density at radius 2 is 1.81 bits per heavy atom. The molecule has 0 heterocycles. The summed E-state index contributed by atoms with van der Waals surface area (Å²) in [6.07, 6.45) is 0. The Kier molecular flexibility index (Phi) is 6.63. The number of amides is 1. The largest absolute Gasteiger partial charge is 0.493 e. The molecule has 0 unspecified atom stereocenters. The van der Waals surface area contributed by atoms with E-state index in [2.05, 4.69) is 4.74 Å². The van der Waals surface area contributed by atoms with Crippen molar-refractivity contribution >= 4 is 17.5 Å². The van der Waals surface area contributed by atoms with E-state index in [0.717, 1.165) is 5.56 Å².